The van der Waals surface area contributed by atoms with Crippen LogP contribution < -0.4 is 14.8 Å². The quantitative estimate of drug-likeness (QED) is 0.786. The molecule has 0 aliphatic carbocycles. The molecule has 0 amide bonds. The summed E-state index contributed by atoms with van der Waals surface area (Å²) in [5, 5.41) is 3.55. The minimum absolute atomic E-state index is 0.0278. The van der Waals surface area contributed by atoms with Crippen LogP contribution in [0.25, 0.3) is 0 Å². The number of benzene rings is 1. The van der Waals surface area contributed by atoms with Crippen molar-refractivity contribution in [2.45, 2.75) is 52.0 Å². The molecule has 0 aromatic heterocycles. The summed E-state index contributed by atoms with van der Waals surface area (Å²) in [6.45, 7) is 10.0. The van der Waals surface area contributed by atoms with E-state index in [-0.39, 0.29) is 5.41 Å². The highest BCUT2D eigenvalue weighted by atomic mass is 16.5. The van der Waals surface area contributed by atoms with Gasteiger partial charge in [-0.1, -0.05) is 20.8 Å². The number of nitrogens with one attached hydrogen (secondary N) is 1. The average Bonchev–Trinajstić information content (AvgIpc) is 2.43. The van der Waals surface area contributed by atoms with Crippen LogP contribution in [0.1, 0.15) is 46.1 Å². The highest BCUT2D eigenvalue weighted by Crippen LogP contribution is 2.37. The van der Waals surface area contributed by atoms with Crippen LogP contribution in [0.2, 0.25) is 0 Å². The van der Waals surface area contributed by atoms with E-state index in [2.05, 4.69) is 39.1 Å². The number of methoxy groups -OCH3 is 2. The monoisotopic (exact) mass is 279 g/mol. The fourth-order valence-corrected chi connectivity index (χ4v) is 2.68. The lowest BCUT2D eigenvalue weighted by molar-refractivity contribution is 0.354. The summed E-state index contributed by atoms with van der Waals surface area (Å²) in [6, 6.07) is 6.49. The first-order valence-electron chi connectivity index (χ1n) is 7.40. The zero-order chi connectivity index (χ0) is 15.2. The molecule has 0 fully saturated rings. The van der Waals surface area contributed by atoms with E-state index in [4.69, 9.17) is 9.47 Å². The molecule has 1 unspecified atom stereocenters. The first-order valence-corrected chi connectivity index (χ1v) is 7.40. The van der Waals surface area contributed by atoms with Crippen LogP contribution in [0.3, 0.4) is 0 Å². The zero-order valence-corrected chi connectivity index (χ0v) is 13.7. The predicted octanol–water partition coefficient (Wildman–Crippen LogP) is 3.76. The second-order valence-corrected chi connectivity index (χ2v) is 6.01. The van der Waals surface area contributed by atoms with Gasteiger partial charge in [0.2, 0.25) is 0 Å². The van der Waals surface area contributed by atoms with Crippen LogP contribution in [0, 0.1) is 0 Å². The normalized spacial score (nSPS) is 13.1. The van der Waals surface area contributed by atoms with E-state index in [1.807, 2.05) is 12.1 Å². The molecular formula is C17H29NO2. The highest BCUT2D eigenvalue weighted by molar-refractivity contribution is 5.44. The summed E-state index contributed by atoms with van der Waals surface area (Å²) in [7, 11) is 3.42. The molecule has 1 atom stereocenters. The van der Waals surface area contributed by atoms with Gasteiger partial charge >= 0.3 is 0 Å². The maximum atomic E-state index is 5.52. The molecule has 1 aromatic carbocycles. The summed E-state index contributed by atoms with van der Waals surface area (Å²) < 4.78 is 10.9. The van der Waals surface area contributed by atoms with Crippen LogP contribution in [-0.2, 0) is 5.41 Å². The van der Waals surface area contributed by atoms with Crippen molar-refractivity contribution in [3.8, 4) is 11.5 Å². The van der Waals surface area contributed by atoms with Gasteiger partial charge in [0.15, 0.2) is 0 Å². The van der Waals surface area contributed by atoms with Gasteiger partial charge in [-0.3, -0.25) is 0 Å². The number of rotatable bonds is 8. The van der Waals surface area contributed by atoms with Gasteiger partial charge in [-0.05, 0) is 49.9 Å². The van der Waals surface area contributed by atoms with E-state index in [0.29, 0.717) is 6.04 Å². The molecular weight excluding hydrogens is 250 g/mol. The maximum absolute atomic E-state index is 5.52. The van der Waals surface area contributed by atoms with Crippen LogP contribution in [0.5, 0.6) is 11.5 Å². The van der Waals surface area contributed by atoms with E-state index in [1.54, 1.807) is 14.2 Å². The van der Waals surface area contributed by atoms with Crippen molar-refractivity contribution in [1.82, 2.24) is 5.32 Å². The van der Waals surface area contributed by atoms with Gasteiger partial charge in [0.25, 0.3) is 0 Å². The second kappa shape index (κ2) is 7.53. The highest BCUT2D eigenvalue weighted by Gasteiger charge is 2.27. The Hall–Kier alpha value is -1.22. The van der Waals surface area contributed by atoms with E-state index in [1.165, 1.54) is 5.56 Å². The zero-order valence-electron chi connectivity index (χ0n) is 13.7. The molecule has 20 heavy (non-hydrogen) atoms. The first kappa shape index (κ1) is 16.8. The SMILES string of the molecule is CCCNC(C)CC(C)(C)c1cc(OC)ccc1OC. The van der Waals surface area contributed by atoms with Gasteiger partial charge in [-0.25, -0.2) is 0 Å². The fourth-order valence-electron chi connectivity index (χ4n) is 2.68. The topological polar surface area (TPSA) is 30.5 Å². The molecule has 1 rings (SSSR count). The molecule has 0 heterocycles. The Bertz CT molecular complexity index is 415. The maximum Gasteiger partial charge on any atom is 0.122 e. The number of hydrogen-bond acceptors (Lipinski definition) is 3. The minimum Gasteiger partial charge on any atom is -0.497 e. The van der Waals surface area contributed by atoms with Gasteiger partial charge in [-0.2, -0.15) is 0 Å². The number of hydrogen-bond donors (Lipinski definition) is 1. The van der Waals surface area contributed by atoms with Gasteiger partial charge in [-0.15, -0.1) is 0 Å². The molecule has 3 nitrogen and oxygen atoms in total. The average molecular weight is 279 g/mol. The molecule has 0 saturated carbocycles. The Morgan fingerprint density at radius 3 is 2.45 bits per heavy atom. The van der Waals surface area contributed by atoms with Crippen LogP contribution in [0.15, 0.2) is 18.2 Å². The van der Waals surface area contributed by atoms with E-state index in [0.717, 1.165) is 30.9 Å². The Morgan fingerprint density at radius 1 is 1.20 bits per heavy atom. The Labute approximate surface area is 123 Å². The molecule has 1 N–H and O–H groups in total. The predicted molar refractivity (Wildman–Crippen MR) is 84.9 cm³/mol. The van der Waals surface area contributed by atoms with Crippen molar-refractivity contribution in [2.75, 3.05) is 20.8 Å². The van der Waals surface area contributed by atoms with Crippen molar-refractivity contribution in [3.05, 3.63) is 23.8 Å². The summed E-state index contributed by atoms with van der Waals surface area (Å²) in [6.07, 6.45) is 2.21. The largest absolute Gasteiger partial charge is 0.497 e. The van der Waals surface area contributed by atoms with Gasteiger partial charge in [0.1, 0.15) is 11.5 Å². The van der Waals surface area contributed by atoms with E-state index in [9.17, 15) is 0 Å². The molecule has 114 valence electrons. The lowest BCUT2D eigenvalue weighted by Gasteiger charge is -2.30. The molecule has 1 aromatic rings. The summed E-state index contributed by atoms with van der Waals surface area (Å²) in [5.41, 5.74) is 1.23. The Morgan fingerprint density at radius 2 is 1.90 bits per heavy atom. The van der Waals surface area contributed by atoms with E-state index >= 15 is 0 Å². The van der Waals surface area contributed by atoms with Crippen molar-refractivity contribution < 1.29 is 9.47 Å². The molecule has 0 saturated heterocycles. The number of ether oxygens (including phenoxy) is 2. The van der Waals surface area contributed by atoms with Crippen molar-refractivity contribution >= 4 is 0 Å². The van der Waals surface area contributed by atoms with Crippen molar-refractivity contribution in [3.63, 3.8) is 0 Å². The smallest absolute Gasteiger partial charge is 0.122 e. The standard InChI is InChI=1S/C17H29NO2/c1-7-10-18-13(2)12-17(3,4)15-11-14(19-5)8-9-16(15)20-6/h8-9,11,13,18H,7,10,12H2,1-6H3. The Balaban J connectivity index is 2.94. The second-order valence-electron chi connectivity index (χ2n) is 6.01. The molecule has 0 spiro atoms. The first-order chi connectivity index (χ1) is 9.44. The van der Waals surface area contributed by atoms with Crippen molar-refractivity contribution in [1.29, 1.82) is 0 Å². The molecule has 0 bridgehead atoms. The summed E-state index contributed by atoms with van der Waals surface area (Å²) in [5.74, 6) is 1.81. The third-order valence-corrected chi connectivity index (χ3v) is 3.70. The van der Waals surface area contributed by atoms with Crippen molar-refractivity contribution in [2.24, 2.45) is 0 Å². The van der Waals surface area contributed by atoms with Crippen LogP contribution in [-0.4, -0.2) is 26.8 Å². The summed E-state index contributed by atoms with van der Waals surface area (Å²) >= 11 is 0. The molecule has 0 aliphatic rings. The van der Waals surface area contributed by atoms with Gasteiger partial charge in [0, 0.05) is 11.6 Å². The lowest BCUT2D eigenvalue weighted by atomic mass is 9.78. The van der Waals surface area contributed by atoms with Crippen LogP contribution in [0.4, 0.5) is 0 Å². The molecule has 0 radical (unpaired) electrons. The molecule has 3 heteroatoms. The third-order valence-electron chi connectivity index (χ3n) is 3.70. The van der Waals surface area contributed by atoms with Gasteiger partial charge in [0.05, 0.1) is 14.2 Å². The summed E-state index contributed by atoms with van der Waals surface area (Å²) in [4.78, 5) is 0. The van der Waals surface area contributed by atoms with Crippen LogP contribution >= 0.6 is 0 Å². The third kappa shape index (κ3) is 4.41. The Kier molecular flexibility index (Phi) is 6.34. The fraction of sp³-hybridized carbons (Fsp3) is 0.647. The molecule has 0 aliphatic heterocycles. The minimum atomic E-state index is 0.0278. The van der Waals surface area contributed by atoms with E-state index < -0.39 is 0 Å². The van der Waals surface area contributed by atoms with Gasteiger partial charge < -0.3 is 14.8 Å². The lowest BCUT2D eigenvalue weighted by Crippen LogP contribution is -2.33.